The van der Waals surface area contributed by atoms with E-state index in [1.165, 1.54) is 7.11 Å². The van der Waals surface area contributed by atoms with Crippen LogP contribution in [0.15, 0.2) is 24.3 Å². The topological polar surface area (TPSA) is 64.6 Å². The lowest BCUT2D eigenvalue weighted by atomic mass is 10.1. The molecule has 0 unspecified atom stereocenters. The maximum Gasteiger partial charge on any atom is 0.362 e. The minimum Gasteiger partial charge on any atom is -0.375 e. The lowest BCUT2D eigenvalue weighted by Gasteiger charge is -2.05. The van der Waals surface area contributed by atoms with Crippen molar-refractivity contribution in [3.8, 4) is 0 Å². The van der Waals surface area contributed by atoms with Crippen molar-refractivity contribution in [3.63, 3.8) is 0 Å². The van der Waals surface area contributed by atoms with Crippen LogP contribution in [0.4, 0.5) is 0 Å². The van der Waals surface area contributed by atoms with Crippen LogP contribution in [0, 0.1) is 6.92 Å². The summed E-state index contributed by atoms with van der Waals surface area (Å²) in [5.41, 5.74) is 3.32. The van der Waals surface area contributed by atoms with Crippen LogP contribution < -0.4 is 5.48 Å². The summed E-state index contributed by atoms with van der Waals surface area (Å²) in [6, 6.07) is 6.88. The van der Waals surface area contributed by atoms with E-state index in [0.29, 0.717) is 5.56 Å². The Balaban J connectivity index is 2.50. The molecular weight excluding hydrogens is 210 g/mol. The molecule has 0 aromatic heterocycles. The minimum atomic E-state index is -0.604. The highest BCUT2D eigenvalue weighted by molar-refractivity contribution is 5.90. The van der Waals surface area contributed by atoms with Crippen LogP contribution in [-0.2, 0) is 14.4 Å². The van der Waals surface area contributed by atoms with Crippen LogP contribution in [0.5, 0.6) is 0 Å². The predicted octanol–water partition coefficient (Wildman–Crippen LogP) is 0.829. The third-order valence-corrected chi connectivity index (χ3v) is 1.79. The number of methoxy groups -OCH3 is 1. The fourth-order valence-electron chi connectivity index (χ4n) is 1.09. The van der Waals surface area contributed by atoms with Crippen molar-refractivity contribution in [2.75, 3.05) is 13.7 Å². The number of hydrogen-bond acceptors (Lipinski definition) is 4. The van der Waals surface area contributed by atoms with Crippen LogP contribution in [0.25, 0.3) is 0 Å². The highest BCUT2D eigenvalue weighted by Crippen LogP contribution is 2.04. The SMILES string of the molecule is COCC(=O)NOC(=O)c1cccc(C)c1. The van der Waals surface area contributed by atoms with Gasteiger partial charge in [0.25, 0.3) is 5.91 Å². The zero-order chi connectivity index (χ0) is 12.0. The fourth-order valence-corrected chi connectivity index (χ4v) is 1.09. The van der Waals surface area contributed by atoms with Gasteiger partial charge in [0.1, 0.15) is 6.61 Å². The van der Waals surface area contributed by atoms with Gasteiger partial charge in [0, 0.05) is 7.11 Å². The number of hydrogen-bond donors (Lipinski definition) is 1. The molecule has 1 amide bonds. The Labute approximate surface area is 93.3 Å². The first-order valence-corrected chi connectivity index (χ1v) is 4.69. The normalized spacial score (nSPS) is 9.62. The Morgan fingerprint density at radius 2 is 2.12 bits per heavy atom. The van der Waals surface area contributed by atoms with Gasteiger partial charge in [-0.1, -0.05) is 17.7 Å². The van der Waals surface area contributed by atoms with Gasteiger partial charge in [-0.15, -0.1) is 0 Å². The van der Waals surface area contributed by atoms with Gasteiger partial charge >= 0.3 is 5.97 Å². The number of hydroxylamine groups is 1. The Kier molecular flexibility index (Phi) is 4.47. The molecule has 0 aliphatic carbocycles. The number of nitrogens with one attached hydrogen (secondary N) is 1. The van der Waals surface area contributed by atoms with Gasteiger partial charge in [-0.25, -0.2) is 4.79 Å². The molecule has 5 heteroatoms. The summed E-state index contributed by atoms with van der Waals surface area (Å²) in [5, 5.41) is 0. The summed E-state index contributed by atoms with van der Waals surface area (Å²) in [5.74, 6) is -1.11. The van der Waals surface area contributed by atoms with Crippen molar-refractivity contribution in [2.45, 2.75) is 6.92 Å². The van der Waals surface area contributed by atoms with E-state index in [0.717, 1.165) is 5.56 Å². The maximum atomic E-state index is 11.4. The van der Waals surface area contributed by atoms with Crippen LogP contribution in [0.2, 0.25) is 0 Å². The third kappa shape index (κ3) is 3.70. The summed E-state index contributed by atoms with van der Waals surface area (Å²) in [6.45, 7) is 1.71. The molecule has 1 aromatic rings. The average molecular weight is 223 g/mol. The van der Waals surface area contributed by atoms with Crippen LogP contribution in [0.3, 0.4) is 0 Å². The lowest BCUT2D eigenvalue weighted by molar-refractivity contribution is -0.133. The molecule has 1 N–H and O–H groups in total. The second-order valence-electron chi connectivity index (χ2n) is 3.22. The van der Waals surface area contributed by atoms with E-state index in [1.54, 1.807) is 18.2 Å². The molecular formula is C11H13NO4. The van der Waals surface area contributed by atoms with Gasteiger partial charge < -0.3 is 9.57 Å². The molecule has 0 atom stereocenters. The van der Waals surface area contributed by atoms with E-state index in [-0.39, 0.29) is 6.61 Å². The van der Waals surface area contributed by atoms with E-state index in [1.807, 2.05) is 18.5 Å². The van der Waals surface area contributed by atoms with Gasteiger partial charge in [-0.2, -0.15) is 5.48 Å². The second-order valence-corrected chi connectivity index (χ2v) is 3.22. The molecule has 0 aliphatic heterocycles. The molecule has 0 bridgehead atoms. The predicted molar refractivity (Wildman–Crippen MR) is 56.6 cm³/mol. The molecule has 0 saturated heterocycles. The largest absolute Gasteiger partial charge is 0.375 e. The minimum absolute atomic E-state index is 0.152. The molecule has 1 rings (SSSR count). The van der Waals surface area contributed by atoms with Crippen molar-refractivity contribution >= 4 is 11.9 Å². The van der Waals surface area contributed by atoms with Crippen LogP contribution in [-0.4, -0.2) is 25.6 Å². The molecule has 0 fully saturated rings. The number of aryl methyl sites for hydroxylation is 1. The number of ether oxygens (including phenoxy) is 1. The van der Waals surface area contributed by atoms with E-state index >= 15 is 0 Å². The number of carbonyl (C=O) groups is 2. The monoisotopic (exact) mass is 223 g/mol. The number of rotatable bonds is 3. The standard InChI is InChI=1S/C11H13NO4/c1-8-4-3-5-9(6-8)11(14)16-12-10(13)7-15-2/h3-6H,7H2,1-2H3,(H,12,13). The summed E-state index contributed by atoms with van der Waals surface area (Å²) in [6.07, 6.45) is 0. The van der Waals surface area contributed by atoms with E-state index in [2.05, 4.69) is 9.57 Å². The van der Waals surface area contributed by atoms with Crippen molar-refractivity contribution in [1.82, 2.24) is 5.48 Å². The van der Waals surface area contributed by atoms with Crippen molar-refractivity contribution in [1.29, 1.82) is 0 Å². The van der Waals surface area contributed by atoms with Crippen LogP contribution >= 0.6 is 0 Å². The maximum absolute atomic E-state index is 11.4. The Hall–Kier alpha value is -1.88. The lowest BCUT2D eigenvalue weighted by Crippen LogP contribution is -2.30. The molecule has 16 heavy (non-hydrogen) atoms. The molecule has 0 radical (unpaired) electrons. The summed E-state index contributed by atoms with van der Waals surface area (Å²) >= 11 is 0. The van der Waals surface area contributed by atoms with E-state index < -0.39 is 11.9 Å². The first kappa shape index (κ1) is 12.2. The Bertz CT molecular complexity index is 389. The third-order valence-electron chi connectivity index (χ3n) is 1.79. The highest BCUT2D eigenvalue weighted by atomic mass is 16.7. The van der Waals surface area contributed by atoms with Crippen molar-refractivity contribution < 1.29 is 19.2 Å². The van der Waals surface area contributed by atoms with Gasteiger partial charge in [0.2, 0.25) is 0 Å². The molecule has 0 saturated carbocycles. The summed E-state index contributed by atoms with van der Waals surface area (Å²) < 4.78 is 4.56. The number of carbonyl (C=O) groups excluding carboxylic acids is 2. The molecule has 0 aliphatic rings. The summed E-state index contributed by atoms with van der Waals surface area (Å²) in [7, 11) is 1.38. The summed E-state index contributed by atoms with van der Waals surface area (Å²) in [4.78, 5) is 26.9. The van der Waals surface area contributed by atoms with Gasteiger partial charge in [-0.3, -0.25) is 4.79 Å². The molecule has 5 nitrogen and oxygen atoms in total. The Morgan fingerprint density at radius 1 is 1.38 bits per heavy atom. The quantitative estimate of drug-likeness (QED) is 0.771. The molecule has 0 spiro atoms. The average Bonchev–Trinajstić information content (AvgIpc) is 2.26. The fraction of sp³-hybridized carbons (Fsp3) is 0.273. The van der Waals surface area contributed by atoms with Gasteiger partial charge in [0.05, 0.1) is 5.56 Å². The van der Waals surface area contributed by atoms with Gasteiger partial charge in [-0.05, 0) is 19.1 Å². The first-order valence-electron chi connectivity index (χ1n) is 4.69. The number of amides is 1. The van der Waals surface area contributed by atoms with E-state index in [9.17, 15) is 9.59 Å². The molecule has 86 valence electrons. The smallest absolute Gasteiger partial charge is 0.362 e. The zero-order valence-corrected chi connectivity index (χ0v) is 9.15. The highest BCUT2D eigenvalue weighted by Gasteiger charge is 2.09. The molecule has 1 aromatic carbocycles. The van der Waals surface area contributed by atoms with Crippen molar-refractivity contribution in [3.05, 3.63) is 35.4 Å². The van der Waals surface area contributed by atoms with E-state index in [4.69, 9.17) is 0 Å². The zero-order valence-electron chi connectivity index (χ0n) is 9.15. The van der Waals surface area contributed by atoms with Gasteiger partial charge in [0.15, 0.2) is 0 Å². The Morgan fingerprint density at radius 3 is 2.75 bits per heavy atom. The van der Waals surface area contributed by atoms with Crippen molar-refractivity contribution in [2.24, 2.45) is 0 Å². The molecule has 0 heterocycles. The first-order chi connectivity index (χ1) is 7.63. The number of benzene rings is 1. The van der Waals surface area contributed by atoms with Crippen LogP contribution in [0.1, 0.15) is 15.9 Å². The second kappa shape index (κ2) is 5.87.